The highest BCUT2D eigenvalue weighted by Crippen LogP contribution is 2.41. The van der Waals surface area contributed by atoms with Crippen molar-refractivity contribution in [3.05, 3.63) is 0 Å². The minimum atomic E-state index is 0.331. The molecule has 0 amide bonds. The second-order valence-corrected chi connectivity index (χ2v) is 8.50. The van der Waals surface area contributed by atoms with Crippen molar-refractivity contribution in [1.82, 2.24) is 0 Å². The number of rotatable bonds is 10. The van der Waals surface area contributed by atoms with Crippen LogP contribution in [0, 0.1) is 47.3 Å². The van der Waals surface area contributed by atoms with Gasteiger partial charge in [0.1, 0.15) is 0 Å². The Hall–Kier alpha value is 0.0649. The standard InChI is InChI=1S/C21H43B/c1-11-13(3)15(5)16(6)17(7)18(8)19(9)20(10)21(22)14(4)12-2/h13-21H,11-12H2,1-10H3. The predicted octanol–water partition coefficient (Wildman–Crippen LogP) is 6.85. The van der Waals surface area contributed by atoms with Crippen LogP contribution in [0.15, 0.2) is 0 Å². The Balaban J connectivity index is 4.82. The average molecular weight is 306 g/mol. The van der Waals surface area contributed by atoms with Gasteiger partial charge in [-0.1, -0.05) is 87.9 Å². The maximum absolute atomic E-state index is 6.52. The zero-order valence-electron chi connectivity index (χ0n) is 17.2. The van der Waals surface area contributed by atoms with E-state index < -0.39 is 0 Å². The van der Waals surface area contributed by atoms with E-state index in [0.29, 0.717) is 23.6 Å². The van der Waals surface area contributed by atoms with Crippen molar-refractivity contribution in [2.45, 2.75) is 87.9 Å². The van der Waals surface area contributed by atoms with Crippen LogP contribution >= 0.6 is 0 Å². The predicted molar refractivity (Wildman–Crippen MR) is 103 cm³/mol. The molecule has 1 heteroatoms. The quantitative estimate of drug-likeness (QED) is 0.387. The maximum atomic E-state index is 6.52. The summed E-state index contributed by atoms with van der Waals surface area (Å²) < 4.78 is 0. The summed E-state index contributed by atoms with van der Waals surface area (Å²) in [5.74, 6) is 6.11. The van der Waals surface area contributed by atoms with Crippen LogP contribution < -0.4 is 0 Å². The van der Waals surface area contributed by atoms with Gasteiger partial charge in [0.25, 0.3) is 0 Å². The first-order valence-corrected chi connectivity index (χ1v) is 9.85. The molecule has 2 radical (unpaired) electrons. The Morgan fingerprint density at radius 1 is 0.500 bits per heavy atom. The monoisotopic (exact) mass is 306 g/mol. The Labute approximate surface area is 143 Å². The molecule has 0 rings (SSSR count). The van der Waals surface area contributed by atoms with Crippen LogP contribution in [0.4, 0.5) is 0 Å². The molecule has 0 aromatic heterocycles. The zero-order chi connectivity index (χ0) is 17.6. The average Bonchev–Trinajstić information content (AvgIpc) is 2.55. The molecule has 0 fully saturated rings. The lowest BCUT2D eigenvalue weighted by Gasteiger charge is -2.40. The molecule has 0 nitrogen and oxygen atoms in total. The summed E-state index contributed by atoms with van der Waals surface area (Å²) in [6.45, 7) is 23.9. The minimum Gasteiger partial charge on any atom is -0.0721 e. The summed E-state index contributed by atoms with van der Waals surface area (Å²) in [5.41, 5.74) is 0. The first-order chi connectivity index (χ1) is 10.1. The van der Waals surface area contributed by atoms with Gasteiger partial charge < -0.3 is 0 Å². The van der Waals surface area contributed by atoms with Crippen molar-refractivity contribution in [3.63, 3.8) is 0 Å². The second-order valence-electron chi connectivity index (χ2n) is 8.50. The summed E-state index contributed by atoms with van der Waals surface area (Å²) in [4.78, 5) is 0. The summed E-state index contributed by atoms with van der Waals surface area (Å²) in [6, 6.07) is 0. The van der Waals surface area contributed by atoms with Crippen LogP contribution in [-0.4, -0.2) is 7.85 Å². The van der Waals surface area contributed by atoms with Crippen LogP contribution in [-0.2, 0) is 0 Å². The molecule has 0 saturated heterocycles. The number of hydrogen-bond acceptors (Lipinski definition) is 0. The molecule has 0 aliphatic heterocycles. The summed E-state index contributed by atoms with van der Waals surface area (Å²) in [6.07, 6.45) is 2.47. The third-order valence-corrected chi connectivity index (χ3v) is 7.60. The van der Waals surface area contributed by atoms with Crippen LogP contribution in [0.5, 0.6) is 0 Å². The first kappa shape index (κ1) is 22.1. The van der Waals surface area contributed by atoms with E-state index in [4.69, 9.17) is 7.85 Å². The molecule has 0 aromatic carbocycles. The smallest absolute Gasteiger partial charge is 0.0706 e. The molecule has 9 unspecified atom stereocenters. The van der Waals surface area contributed by atoms with Crippen molar-refractivity contribution in [1.29, 1.82) is 0 Å². The molecule has 130 valence electrons. The summed E-state index contributed by atoms with van der Waals surface area (Å²) >= 11 is 0. The molecule has 0 spiro atoms. The Kier molecular flexibility index (Phi) is 10.1. The largest absolute Gasteiger partial charge is 0.0721 e. The molecule has 0 aromatic rings. The summed E-state index contributed by atoms with van der Waals surface area (Å²) in [7, 11) is 6.52. The normalized spacial score (nSPS) is 24.6. The van der Waals surface area contributed by atoms with E-state index in [1.165, 1.54) is 12.8 Å². The SMILES string of the molecule is [B]C(C(C)CC)C(C)C(C)C(C)C(C)C(C)C(C)C(C)CC. The third kappa shape index (κ3) is 5.61. The summed E-state index contributed by atoms with van der Waals surface area (Å²) in [5, 5.41) is 0. The van der Waals surface area contributed by atoms with Gasteiger partial charge in [0.2, 0.25) is 0 Å². The third-order valence-electron chi connectivity index (χ3n) is 7.60. The van der Waals surface area contributed by atoms with E-state index in [2.05, 4.69) is 69.2 Å². The van der Waals surface area contributed by atoms with E-state index in [1.807, 2.05) is 0 Å². The lowest BCUT2D eigenvalue weighted by atomic mass is 9.60. The lowest BCUT2D eigenvalue weighted by molar-refractivity contribution is 0.111. The second kappa shape index (κ2) is 10.0. The van der Waals surface area contributed by atoms with Gasteiger partial charge in [0.05, 0.1) is 7.85 Å². The van der Waals surface area contributed by atoms with Gasteiger partial charge in [-0.3, -0.25) is 0 Å². The fourth-order valence-corrected chi connectivity index (χ4v) is 3.95. The molecule has 0 heterocycles. The van der Waals surface area contributed by atoms with Crippen LogP contribution in [0.3, 0.4) is 0 Å². The Morgan fingerprint density at radius 3 is 1.18 bits per heavy atom. The van der Waals surface area contributed by atoms with Crippen LogP contribution in [0.2, 0.25) is 5.82 Å². The molecule has 0 N–H and O–H groups in total. The molecule has 0 aliphatic rings. The molecule has 22 heavy (non-hydrogen) atoms. The molecule has 0 aliphatic carbocycles. The van der Waals surface area contributed by atoms with Gasteiger partial charge in [0, 0.05) is 0 Å². The van der Waals surface area contributed by atoms with Crippen LogP contribution in [0.25, 0.3) is 0 Å². The molecular formula is C21H43B. The van der Waals surface area contributed by atoms with E-state index in [0.717, 1.165) is 29.6 Å². The van der Waals surface area contributed by atoms with Gasteiger partial charge in [-0.15, -0.1) is 0 Å². The highest BCUT2D eigenvalue weighted by molar-refractivity contribution is 6.12. The van der Waals surface area contributed by atoms with Crippen LogP contribution in [0.1, 0.15) is 82.1 Å². The fourth-order valence-electron chi connectivity index (χ4n) is 3.95. The van der Waals surface area contributed by atoms with Gasteiger partial charge in [-0.25, -0.2) is 0 Å². The molecular weight excluding hydrogens is 263 g/mol. The van der Waals surface area contributed by atoms with Gasteiger partial charge in [0.15, 0.2) is 0 Å². The molecule has 9 atom stereocenters. The zero-order valence-corrected chi connectivity index (χ0v) is 17.2. The van der Waals surface area contributed by atoms with Crippen molar-refractivity contribution in [2.24, 2.45) is 47.3 Å². The van der Waals surface area contributed by atoms with E-state index >= 15 is 0 Å². The van der Waals surface area contributed by atoms with Gasteiger partial charge in [-0.05, 0) is 47.3 Å². The number of hydrogen-bond donors (Lipinski definition) is 0. The van der Waals surface area contributed by atoms with E-state index in [-0.39, 0.29) is 0 Å². The van der Waals surface area contributed by atoms with Gasteiger partial charge >= 0.3 is 0 Å². The van der Waals surface area contributed by atoms with E-state index in [1.54, 1.807) is 0 Å². The lowest BCUT2D eigenvalue weighted by Crippen LogP contribution is -2.32. The topological polar surface area (TPSA) is 0 Å². The Bertz CT molecular complexity index is 260. The molecule has 0 saturated carbocycles. The van der Waals surface area contributed by atoms with Crippen molar-refractivity contribution in [2.75, 3.05) is 0 Å². The van der Waals surface area contributed by atoms with E-state index in [9.17, 15) is 0 Å². The molecule has 0 bridgehead atoms. The van der Waals surface area contributed by atoms with Crippen molar-refractivity contribution in [3.8, 4) is 0 Å². The van der Waals surface area contributed by atoms with Gasteiger partial charge in [-0.2, -0.15) is 0 Å². The first-order valence-electron chi connectivity index (χ1n) is 9.85. The minimum absolute atomic E-state index is 0.331. The van der Waals surface area contributed by atoms with Crippen molar-refractivity contribution >= 4 is 7.85 Å². The highest BCUT2D eigenvalue weighted by atomic mass is 14.4. The Morgan fingerprint density at radius 2 is 0.818 bits per heavy atom. The highest BCUT2D eigenvalue weighted by Gasteiger charge is 2.33. The fraction of sp³-hybridized carbons (Fsp3) is 1.00. The van der Waals surface area contributed by atoms with Crippen molar-refractivity contribution < 1.29 is 0 Å². The maximum Gasteiger partial charge on any atom is 0.0706 e.